The first-order valence-corrected chi connectivity index (χ1v) is 10.9. The Labute approximate surface area is 184 Å². The summed E-state index contributed by atoms with van der Waals surface area (Å²) >= 11 is 0. The van der Waals surface area contributed by atoms with Crippen molar-refractivity contribution in [2.45, 2.75) is 26.0 Å². The minimum absolute atomic E-state index is 0.268. The maximum absolute atomic E-state index is 10.7. The van der Waals surface area contributed by atoms with Gasteiger partial charge in [-0.05, 0) is 32.0 Å². The SMILES string of the molecule is CCNC(=NCc1ccccc1OCCN1CCOCC1)NCC(C)(O)c1ccco1. The lowest BCUT2D eigenvalue weighted by Crippen LogP contribution is -2.44. The lowest BCUT2D eigenvalue weighted by molar-refractivity contribution is 0.0322. The van der Waals surface area contributed by atoms with E-state index in [0.717, 1.165) is 44.2 Å². The smallest absolute Gasteiger partial charge is 0.191 e. The molecular weight excluding hydrogens is 396 g/mol. The Kier molecular flexibility index (Phi) is 8.75. The van der Waals surface area contributed by atoms with E-state index in [1.54, 1.807) is 25.3 Å². The highest BCUT2D eigenvalue weighted by Gasteiger charge is 2.26. The lowest BCUT2D eigenvalue weighted by Gasteiger charge is -2.26. The Morgan fingerprint density at radius 3 is 2.74 bits per heavy atom. The summed E-state index contributed by atoms with van der Waals surface area (Å²) in [5, 5.41) is 17.1. The van der Waals surface area contributed by atoms with Crippen LogP contribution in [0.1, 0.15) is 25.2 Å². The Bertz CT molecular complexity index is 802. The van der Waals surface area contributed by atoms with Crippen molar-refractivity contribution in [1.82, 2.24) is 15.5 Å². The van der Waals surface area contributed by atoms with Crippen molar-refractivity contribution in [2.75, 3.05) is 52.5 Å². The molecule has 3 N–H and O–H groups in total. The number of hydrogen-bond donors (Lipinski definition) is 3. The van der Waals surface area contributed by atoms with E-state index in [0.29, 0.717) is 31.4 Å². The van der Waals surface area contributed by atoms with E-state index in [1.807, 2.05) is 31.2 Å². The third-order valence-electron chi connectivity index (χ3n) is 5.15. The van der Waals surface area contributed by atoms with Gasteiger partial charge in [0.05, 0.1) is 32.6 Å². The zero-order valence-corrected chi connectivity index (χ0v) is 18.5. The van der Waals surface area contributed by atoms with Gasteiger partial charge in [-0.1, -0.05) is 18.2 Å². The second-order valence-corrected chi connectivity index (χ2v) is 7.71. The number of aliphatic imine (C=N–C) groups is 1. The van der Waals surface area contributed by atoms with Crippen LogP contribution in [-0.2, 0) is 16.9 Å². The molecule has 2 aromatic rings. The predicted octanol–water partition coefficient (Wildman–Crippen LogP) is 1.95. The van der Waals surface area contributed by atoms with Crippen LogP contribution < -0.4 is 15.4 Å². The zero-order chi connectivity index (χ0) is 21.9. The first kappa shape index (κ1) is 23.1. The topological polar surface area (TPSA) is 91.5 Å². The third kappa shape index (κ3) is 7.27. The molecule has 0 aliphatic carbocycles. The second-order valence-electron chi connectivity index (χ2n) is 7.71. The molecule has 3 rings (SSSR count). The summed E-state index contributed by atoms with van der Waals surface area (Å²) in [5.74, 6) is 1.98. The van der Waals surface area contributed by atoms with E-state index < -0.39 is 5.60 Å². The highest BCUT2D eigenvalue weighted by atomic mass is 16.5. The molecule has 0 bridgehead atoms. The van der Waals surface area contributed by atoms with Crippen LogP contribution in [-0.4, -0.2) is 68.5 Å². The number of morpholine rings is 1. The zero-order valence-electron chi connectivity index (χ0n) is 18.5. The number of rotatable bonds is 10. The van der Waals surface area contributed by atoms with Crippen LogP contribution >= 0.6 is 0 Å². The first-order chi connectivity index (χ1) is 15.1. The van der Waals surface area contributed by atoms with Crippen LogP contribution in [0.3, 0.4) is 0 Å². The van der Waals surface area contributed by atoms with Crippen LogP contribution in [0.25, 0.3) is 0 Å². The predicted molar refractivity (Wildman–Crippen MR) is 120 cm³/mol. The van der Waals surface area contributed by atoms with Crippen molar-refractivity contribution in [1.29, 1.82) is 0 Å². The summed E-state index contributed by atoms with van der Waals surface area (Å²) < 4.78 is 16.8. The van der Waals surface area contributed by atoms with Crippen LogP contribution in [0.15, 0.2) is 52.1 Å². The van der Waals surface area contributed by atoms with Gasteiger partial charge < -0.3 is 29.6 Å². The largest absolute Gasteiger partial charge is 0.492 e. The lowest BCUT2D eigenvalue weighted by atomic mass is 10.0. The molecule has 1 aliphatic heterocycles. The number of ether oxygens (including phenoxy) is 2. The molecule has 170 valence electrons. The molecule has 1 unspecified atom stereocenters. The van der Waals surface area contributed by atoms with Crippen molar-refractivity contribution in [3.05, 3.63) is 54.0 Å². The number of furan rings is 1. The average molecular weight is 431 g/mol. The summed E-state index contributed by atoms with van der Waals surface area (Å²) in [6.07, 6.45) is 1.55. The van der Waals surface area contributed by atoms with Crippen LogP contribution in [0.4, 0.5) is 0 Å². The molecule has 0 spiro atoms. The summed E-state index contributed by atoms with van der Waals surface area (Å²) in [4.78, 5) is 7.02. The fraction of sp³-hybridized carbons (Fsp3) is 0.522. The highest BCUT2D eigenvalue weighted by molar-refractivity contribution is 5.79. The molecular formula is C23H34N4O4. The number of hydrogen-bond acceptors (Lipinski definition) is 6. The summed E-state index contributed by atoms with van der Waals surface area (Å²) in [5.41, 5.74) is -0.125. The van der Waals surface area contributed by atoms with Gasteiger partial charge in [0.15, 0.2) is 5.96 Å². The Hall–Kier alpha value is -2.55. The molecule has 8 heteroatoms. The molecule has 1 atom stereocenters. The fourth-order valence-corrected chi connectivity index (χ4v) is 3.32. The molecule has 1 aliphatic rings. The summed E-state index contributed by atoms with van der Waals surface area (Å²) in [6.45, 7) is 10.2. The van der Waals surface area contributed by atoms with Gasteiger partial charge in [-0.25, -0.2) is 4.99 Å². The van der Waals surface area contributed by atoms with E-state index in [4.69, 9.17) is 13.9 Å². The number of para-hydroxylation sites is 1. The molecule has 1 fully saturated rings. The molecule has 0 radical (unpaired) electrons. The molecule has 2 heterocycles. The van der Waals surface area contributed by atoms with Gasteiger partial charge in [-0.15, -0.1) is 0 Å². The van der Waals surface area contributed by atoms with Gasteiger partial charge in [-0.3, -0.25) is 4.90 Å². The van der Waals surface area contributed by atoms with Gasteiger partial charge in [0, 0.05) is 31.7 Å². The standard InChI is InChI=1S/C23H34N4O4/c1-3-24-22(26-18-23(2,28)21-9-6-13-31-21)25-17-19-7-4-5-8-20(19)30-16-12-27-10-14-29-15-11-27/h4-9,13,28H,3,10-12,14-18H2,1-2H3,(H2,24,25,26). The number of nitrogens with zero attached hydrogens (tertiary/aromatic N) is 2. The molecule has 1 saturated heterocycles. The molecule has 0 saturated carbocycles. The van der Waals surface area contributed by atoms with E-state index in [-0.39, 0.29) is 6.54 Å². The van der Waals surface area contributed by atoms with Gasteiger partial charge in [0.25, 0.3) is 0 Å². The molecule has 31 heavy (non-hydrogen) atoms. The van der Waals surface area contributed by atoms with Crippen molar-refractivity contribution in [2.24, 2.45) is 4.99 Å². The van der Waals surface area contributed by atoms with Crippen LogP contribution in [0.5, 0.6) is 5.75 Å². The van der Waals surface area contributed by atoms with E-state index >= 15 is 0 Å². The van der Waals surface area contributed by atoms with E-state index in [1.165, 1.54) is 0 Å². The third-order valence-corrected chi connectivity index (χ3v) is 5.15. The van der Waals surface area contributed by atoms with E-state index in [9.17, 15) is 5.11 Å². The van der Waals surface area contributed by atoms with Crippen molar-refractivity contribution in [3.8, 4) is 5.75 Å². The van der Waals surface area contributed by atoms with Crippen molar-refractivity contribution >= 4 is 5.96 Å². The van der Waals surface area contributed by atoms with Gasteiger partial charge in [0.2, 0.25) is 0 Å². The second kappa shape index (κ2) is 11.7. The van der Waals surface area contributed by atoms with Crippen molar-refractivity contribution in [3.63, 3.8) is 0 Å². The normalized spacial score (nSPS) is 17.2. The molecule has 0 amide bonds. The maximum Gasteiger partial charge on any atom is 0.191 e. The number of guanidine groups is 1. The van der Waals surface area contributed by atoms with Gasteiger partial charge >= 0.3 is 0 Å². The molecule has 1 aromatic heterocycles. The monoisotopic (exact) mass is 430 g/mol. The number of aliphatic hydroxyl groups is 1. The van der Waals surface area contributed by atoms with Crippen LogP contribution in [0.2, 0.25) is 0 Å². The van der Waals surface area contributed by atoms with Crippen LogP contribution in [0, 0.1) is 0 Å². The molecule has 8 nitrogen and oxygen atoms in total. The maximum atomic E-state index is 10.7. The number of nitrogens with one attached hydrogen (secondary N) is 2. The number of benzene rings is 1. The Morgan fingerprint density at radius 2 is 2.00 bits per heavy atom. The average Bonchev–Trinajstić information content (AvgIpc) is 3.33. The van der Waals surface area contributed by atoms with Gasteiger partial charge in [-0.2, -0.15) is 0 Å². The Balaban J connectivity index is 1.56. The molecule has 1 aromatic carbocycles. The minimum atomic E-state index is -1.14. The summed E-state index contributed by atoms with van der Waals surface area (Å²) in [7, 11) is 0. The van der Waals surface area contributed by atoms with Crippen molar-refractivity contribution < 1.29 is 19.0 Å². The first-order valence-electron chi connectivity index (χ1n) is 10.9. The highest BCUT2D eigenvalue weighted by Crippen LogP contribution is 2.20. The van der Waals surface area contributed by atoms with E-state index in [2.05, 4.69) is 20.5 Å². The fourth-order valence-electron chi connectivity index (χ4n) is 3.32. The Morgan fingerprint density at radius 1 is 1.19 bits per heavy atom. The van der Waals surface area contributed by atoms with Gasteiger partial charge in [0.1, 0.15) is 23.7 Å². The minimum Gasteiger partial charge on any atom is -0.492 e. The summed E-state index contributed by atoms with van der Waals surface area (Å²) in [6, 6.07) is 11.5. The quantitative estimate of drug-likeness (QED) is 0.392.